The lowest BCUT2D eigenvalue weighted by Gasteiger charge is -2.06. The van der Waals surface area contributed by atoms with E-state index in [1.165, 1.54) is 11.3 Å². The van der Waals surface area contributed by atoms with Crippen molar-refractivity contribution in [1.29, 1.82) is 0 Å². The van der Waals surface area contributed by atoms with Gasteiger partial charge in [-0.3, -0.25) is 20.4 Å². The molecule has 0 unspecified atom stereocenters. The van der Waals surface area contributed by atoms with Gasteiger partial charge in [-0.25, -0.2) is 4.98 Å². The van der Waals surface area contributed by atoms with Gasteiger partial charge < -0.3 is 4.57 Å². The lowest BCUT2D eigenvalue weighted by molar-refractivity contribution is -0.121. The SMILES string of the molecule is Cc1nc(-c2ccccc2)sc1C(=O)NNC(=O)Cc1cn(C)c2ccccc12. The number of carbonyl (C=O) groups excluding carboxylic acids is 2. The molecule has 4 aromatic rings. The number of nitrogens with zero attached hydrogens (tertiary/aromatic N) is 2. The molecule has 2 heterocycles. The number of benzene rings is 2. The fraction of sp³-hybridized carbons (Fsp3) is 0.136. The van der Waals surface area contributed by atoms with Crippen LogP contribution in [0.3, 0.4) is 0 Å². The lowest BCUT2D eigenvalue weighted by Crippen LogP contribution is -2.42. The summed E-state index contributed by atoms with van der Waals surface area (Å²) >= 11 is 1.30. The van der Waals surface area contributed by atoms with Gasteiger partial charge in [0.1, 0.15) is 9.88 Å². The maximum Gasteiger partial charge on any atom is 0.281 e. The molecule has 2 N–H and O–H groups in total. The Morgan fingerprint density at radius 3 is 2.55 bits per heavy atom. The Bertz CT molecular complexity index is 1190. The van der Waals surface area contributed by atoms with Crippen molar-refractivity contribution < 1.29 is 9.59 Å². The number of amides is 2. The van der Waals surface area contributed by atoms with Gasteiger partial charge in [-0.2, -0.15) is 0 Å². The predicted molar refractivity (Wildman–Crippen MR) is 115 cm³/mol. The molecule has 0 saturated carbocycles. The summed E-state index contributed by atoms with van der Waals surface area (Å²) in [5.41, 5.74) is 8.58. The molecule has 0 fully saturated rings. The molecule has 4 rings (SSSR count). The van der Waals surface area contributed by atoms with Gasteiger partial charge in [0, 0.05) is 29.7 Å². The maximum atomic E-state index is 12.5. The zero-order valence-corrected chi connectivity index (χ0v) is 16.9. The van der Waals surface area contributed by atoms with E-state index in [2.05, 4.69) is 15.8 Å². The molecular formula is C22H20N4O2S. The molecule has 0 saturated heterocycles. The van der Waals surface area contributed by atoms with Gasteiger partial charge in [0.05, 0.1) is 12.1 Å². The molecule has 2 amide bonds. The Morgan fingerprint density at radius 1 is 1.03 bits per heavy atom. The van der Waals surface area contributed by atoms with Crippen molar-refractivity contribution in [2.24, 2.45) is 7.05 Å². The molecule has 0 atom stereocenters. The van der Waals surface area contributed by atoms with Crippen LogP contribution >= 0.6 is 11.3 Å². The number of carbonyl (C=O) groups is 2. The van der Waals surface area contributed by atoms with Crippen LogP contribution in [-0.4, -0.2) is 21.4 Å². The Balaban J connectivity index is 1.42. The first kappa shape index (κ1) is 18.9. The number of rotatable bonds is 4. The van der Waals surface area contributed by atoms with E-state index in [0.717, 1.165) is 27.0 Å². The second-order valence-electron chi connectivity index (χ2n) is 6.76. The molecule has 0 spiro atoms. The van der Waals surface area contributed by atoms with E-state index in [1.807, 2.05) is 72.4 Å². The van der Waals surface area contributed by atoms with Crippen LogP contribution in [0.25, 0.3) is 21.5 Å². The Kier molecular flexibility index (Phi) is 5.14. The molecule has 0 aliphatic rings. The van der Waals surface area contributed by atoms with E-state index >= 15 is 0 Å². The quantitative estimate of drug-likeness (QED) is 0.510. The van der Waals surface area contributed by atoms with Crippen molar-refractivity contribution in [3.63, 3.8) is 0 Å². The van der Waals surface area contributed by atoms with Crippen LogP contribution in [0.2, 0.25) is 0 Å². The van der Waals surface area contributed by atoms with E-state index in [9.17, 15) is 9.59 Å². The zero-order chi connectivity index (χ0) is 20.4. The fourth-order valence-corrected chi connectivity index (χ4v) is 4.25. The normalized spacial score (nSPS) is 10.8. The molecule has 0 bridgehead atoms. The monoisotopic (exact) mass is 404 g/mol. The topological polar surface area (TPSA) is 76.0 Å². The summed E-state index contributed by atoms with van der Waals surface area (Å²) in [7, 11) is 1.95. The summed E-state index contributed by atoms with van der Waals surface area (Å²) in [6.07, 6.45) is 2.12. The number of fused-ring (bicyclic) bond motifs is 1. The molecule has 2 aromatic heterocycles. The fourth-order valence-electron chi connectivity index (χ4n) is 3.28. The van der Waals surface area contributed by atoms with Gasteiger partial charge in [-0.1, -0.05) is 48.5 Å². The first-order chi connectivity index (χ1) is 14.0. The van der Waals surface area contributed by atoms with E-state index in [1.54, 1.807) is 6.92 Å². The highest BCUT2D eigenvalue weighted by Gasteiger charge is 2.17. The first-order valence-electron chi connectivity index (χ1n) is 9.18. The minimum absolute atomic E-state index is 0.179. The van der Waals surface area contributed by atoms with Crippen molar-refractivity contribution in [3.8, 4) is 10.6 Å². The van der Waals surface area contributed by atoms with Gasteiger partial charge >= 0.3 is 0 Å². The summed E-state index contributed by atoms with van der Waals surface area (Å²) in [6, 6.07) is 17.6. The lowest BCUT2D eigenvalue weighted by atomic mass is 10.1. The van der Waals surface area contributed by atoms with E-state index < -0.39 is 0 Å². The number of para-hydroxylation sites is 1. The van der Waals surface area contributed by atoms with Crippen molar-refractivity contribution in [1.82, 2.24) is 20.4 Å². The van der Waals surface area contributed by atoms with Crippen molar-refractivity contribution in [2.45, 2.75) is 13.3 Å². The third kappa shape index (κ3) is 3.90. The van der Waals surface area contributed by atoms with Gasteiger partial charge in [-0.05, 0) is 18.6 Å². The highest BCUT2D eigenvalue weighted by molar-refractivity contribution is 7.17. The average Bonchev–Trinajstić information content (AvgIpc) is 3.27. The van der Waals surface area contributed by atoms with Crippen LogP contribution in [0.4, 0.5) is 0 Å². The summed E-state index contributed by atoms with van der Waals surface area (Å²) in [5, 5.41) is 1.80. The van der Waals surface area contributed by atoms with Gasteiger partial charge in [0.2, 0.25) is 5.91 Å². The summed E-state index contributed by atoms with van der Waals surface area (Å²) in [4.78, 5) is 29.8. The van der Waals surface area contributed by atoms with Crippen LogP contribution < -0.4 is 10.9 Å². The third-order valence-corrected chi connectivity index (χ3v) is 5.87. The van der Waals surface area contributed by atoms with Gasteiger partial charge in [0.25, 0.3) is 5.91 Å². The average molecular weight is 404 g/mol. The molecule has 146 valence electrons. The predicted octanol–water partition coefficient (Wildman–Crippen LogP) is 3.61. The smallest absolute Gasteiger partial charge is 0.281 e. The van der Waals surface area contributed by atoms with Crippen LogP contribution in [0.15, 0.2) is 60.8 Å². The molecule has 29 heavy (non-hydrogen) atoms. The van der Waals surface area contributed by atoms with Gasteiger partial charge in [-0.15, -0.1) is 11.3 Å². The number of hydrogen-bond donors (Lipinski definition) is 2. The molecule has 6 nitrogen and oxygen atoms in total. The summed E-state index contributed by atoms with van der Waals surface area (Å²) < 4.78 is 1.99. The minimum Gasteiger partial charge on any atom is -0.350 e. The number of aryl methyl sites for hydroxylation is 2. The third-order valence-electron chi connectivity index (χ3n) is 4.67. The number of hydrogen-bond acceptors (Lipinski definition) is 4. The van der Waals surface area contributed by atoms with Crippen LogP contribution in [0.5, 0.6) is 0 Å². The first-order valence-corrected chi connectivity index (χ1v) is 9.99. The number of nitrogens with one attached hydrogen (secondary N) is 2. The standard InChI is InChI=1S/C22H20N4O2S/c1-14-20(29-22(23-14)15-8-4-3-5-9-15)21(28)25-24-19(27)12-16-13-26(2)18-11-7-6-10-17(16)18/h3-11,13H,12H2,1-2H3,(H,24,27)(H,25,28). The highest BCUT2D eigenvalue weighted by atomic mass is 32.1. The van der Waals surface area contributed by atoms with Crippen LogP contribution in [0, 0.1) is 6.92 Å². The van der Waals surface area contributed by atoms with Crippen molar-refractivity contribution in [2.75, 3.05) is 0 Å². The molecule has 0 aliphatic carbocycles. The number of aromatic nitrogens is 2. The maximum absolute atomic E-state index is 12.5. The second-order valence-corrected chi connectivity index (χ2v) is 7.76. The molecular weight excluding hydrogens is 384 g/mol. The number of thiazole rings is 1. The molecule has 2 aromatic carbocycles. The summed E-state index contributed by atoms with van der Waals surface area (Å²) in [5.74, 6) is -0.645. The molecule has 0 radical (unpaired) electrons. The van der Waals surface area contributed by atoms with Crippen LogP contribution in [0.1, 0.15) is 20.9 Å². The van der Waals surface area contributed by atoms with Crippen molar-refractivity contribution in [3.05, 3.63) is 76.9 Å². The van der Waals surface area contributed by atoms with Crippen LogP contribution in [-0.2, 0) is 18.3 Å². The van der Waals surface area contributed by atoms with E-state index in [-0.39, 0.29) is 18.2 Å². The largest absolute Gasteiger partial charge is 0.350 e. The minimum atomic E-state index is -0.367. The molecule has 7 heteroatoms. The Morgan fingerprint density at radius 2 is 1.76 bits per heavy atom. The van der Waals surface area contributed by atoms with Gasteiger partial charge in [0.15, 0.2) is 0 Å². The zero-order valence-electron chi connectivity index (χ0n) is 16.1. The Hall–Kier alpha value is -3.45. The second kappa shape index (κ2) is 7.89. The molecule has 0 aliphatic heterocycles. The Labute approximate surface area is 172 Å². The highest BCUT2D eigenvalue weighted by Crippen LogP contribution is 2.27. The number of hydrazine groups is 1. The summed E-state index contributed by atoms with van der Waals surface area (Å²) in [6.45, 7) is 1.79. The van der Waals surface area contributed by atoms with E-state index in [4.69, 9.17) is 0 Å². The van der Waals surface area contributed by atoms with Crippen molar-refractivity contribution >= 4 is 34.1 Å². The van der Waals surface area contributed by atoms with E-state index in [0.29, 0.717) is 10.6 Å².